The van der Waals surface area contributed by atoms with Crippen LogP contribution in [0.5, 0.6) is 5.75 Å². The molecule has 0 spiro atoms. The quantitative estimate of drug-likeness (QED) is 0.754. The highest BCUT2D eigenvalue weighted by atomic mass is 19.1. The minimum absolute atomic E-state index is 0.0927. The van der Waals surface area contributed by atoms with E-state index in [-0.39, 0.29) is 18.1 Å². The van der Waals surface area contributed by atoms with Gasteiger partial charge in [-0.3, -0.25) is 4.79 Å². The molecule has 0 atom stereocenters. The van der Waals surface area contributed by atoms with Crippen LogP contribution in [-0.2, 0) is 17.6 Å². The Morgan fingerprint density at radius 1 is 1.25 bits per heavy atom. The maximum Gasteiger partial charge on any atom is 0.224 e. The lowest BCUT2D eigenvalue weighted by Gasteiger charge is -2.05. The molecular weight excluding hydrogens is 309 g/mol. The highest BCUT2D eigenvalue weighted by molar-refractivity contribution is 5.88. The lowest BCUT2D eigenvalue weighted by atomic mass is 10.1. The first-order valence-corrected chi connectivity index (χ1v) is 7.71. The van der Waals surface area contributed by atoms with E-state index in [1.807, 2.05) is 18.2 Å². The summed E-state index contributed by atoms with van der Waals surface area (Å²) in [5, 5.41) is 3.75. The number of fused-ring (bicyclic) bond motifs is 1. The minimum atomic E-state index is -0.265. The van der Waals surface area contributed by atoms with Gasteiger partial charge in [0, 0.05) is 23.6 Å². The van der Waals surface area contributed by atoms with Crippen molar-refractivity contribution < 1.29 is 18.3 Å². The van der Waals surface area contributed by atoms with Gasteiger partial charge in [0.1, 0.15) is 17.1 Å². The van der Waals surface area contributed by atoms with Crippen LogP contribution < -0.4 is 10.1 Å². The number of amides is 1. The number of ether oxygens (including phenoxy) is 1. The van der Waals surface area contributed by atoms with Gasteiger partial charge in [-0.05, 0) is 36.2 Å². The van der Waals surface area contributed by atoms with Crippen LogP contribution in [0.2, 0.25) is 0 Å². The number of carbonyl (C=O) groups is 1. The van der Waals surface area contributed by atoms with Crippen LogP contribution in [0.25, 0.3) is 11.0 Å². The minimum Gasteiger partial charge on any atom is -0.497 e. The van der Waals surface area contributed by atoms with Crippen LogP contribution in [0.3, 0.4) is 0 Å². The maximum atomic E-state index is 13.1. The standard InChI is InChI=1S/C19H18FNO3/c1-23-16-5-6-17-14(12-24-18(17)11-16)10-19(22)21-8-7-13-3-2-4-15(20)9-13/h2-6,9,11-12H,7-8,10H2,1H3,(H,21,22). The van der Waals surface area contributed by atoms with Crippen molar-refractivity contribution in [1.29, 1.82) is 0 Å². The molecule has 0 aliphatic rings. The summed E-state index contributed by atoms with van der Waals surface area (Å²) in [6, 6.07) is 11.9. The van der Waals surface area contributed by atoms with Gasteiger partial charge in [-0.25, -0.2) is 4.39 Å². The molecule has 124 valence electrons. The SMILES string of the molecule is COc1ccc2c(CC(=O)NCCc3cccc(F)c3)coc2c1. The van der Waals surface area contributed by atoms with Gasteiger partial charge in [-0.15, -0.1) is 0 Å². The predicted molar refractivity (Wildman–Crippen MR) is 89.6 cm³/mol. The monoisotopic (exact) mass is 327 g/mol. The summed E-state index contributed by atoms with van der Waals surface area (Å²) in [5.74, 6) is 0.354. The van der Waals surface area contributed by atoms with Crippen molar-refractivity contribution in [2.45, 2.75) is 12.8 Å². The van der Waals surface area contributed by atoms with E-state index in [0.29, 0.717) is 24.3 Å². The summed E-state index contributed by atoms with van der Waals surface area (Å²) < 4.78 is 23.7. The molecule has 0 fully saturated rings. The van der Waals surface area contributed by atoms with Gasteiger partial charge in [-0.2, -0.15) is 0 Å². The van der Waals surface area contributed by atoms with E-state index in [0.717, 1.165) is 16.5 Å². The third-order valence-corrected chi connectivity index (χ3v) is 3.84. The summed E-state index contributed by atoms with van der Waals surface area (Å²) in [4.78, 5) is 12.1. The molecule has 1 amide bonds. The fourth-order valence-corrected chi connectivity index (χ4v) is 2.60. The number of nitrogens with one attached hydrogen (secondary N) is 1. The van der Waals surface area contributed by atoms with Crippen molar-refractivity contribution in [3.8, 4) is 5.75 Å². The van der Waals surface area contributed by atoms with Gasteiger partial charge >= 0.3 is 0 Å². The van der Waals surface area contributed by atoms with E-state index in [1.165, 1.54) is 12.1 Å². The molecule has 3 rings (SSSR count). The van der Waals surface area contributed by atoms with Crippen LogP contribution in [0.4, 0.5) is 4.39 Å². The Hall–Kier alpha value is -2.82. The smallest absolute Gasteiger partial charge is 0.224 e. The molecule has 0 saturated carbocycles. The maximum absolute atomic E-state index is 13.1. The number of halogens is 1. The van der Waals surface area contributed by atoms with Gasteiger partial charge < -0.3 is 14.5 Å². The van der Waals surface area contributed by atoms with Crippen LogP contribution in [0, 0.1) is 5.82 Å². The summed E-state index contributed by atoms with van der Waals surface area (Å²) in [6.45, 7) is 0.464. The molecule has 0 radical (unpaired) electrons. The van der Waals surface area contributed by atoms with Crippen molar-refractivity contribution >= 4 is 16.9 Å². The first-order valence-electron chi connectivity index (χ1n) is 7.71. The third-order valence-electron chi connectivity index (χ3n) is 3.84. The van der Waals surface area contributed by atoms with Crippen LogP contribution >= 0.6 is 0 Å². The molecule has 5 heteroatoms. The van der Waals surface area contributed by atoms with Gasteiger partial charge in [0.15, 0.2) is 0 Å². The fraction of sp³-hybridized carbons (Fsp3) is 0.211. The zero-order valence-corrected chi connectivity index (χ0v) is 13.3. The molecule has 2 aromatic carbocycles. The Morgan fingerprint density at radius 2 is 2.12 bits per heavy atom. The molecule has 3 aromatic rings. The van der Waals surface area contributed by atoms with Gasteiger partial charge in [0.2, 0.25) is 5.91 Å². The number of carbonyl (C=O) groups excluding carboxylic acids is 1. The van der Waals surface area contributed by atoms with E-state index in [4.69, 9.17) is 9.15 Å². The summed E-state index contributed by atoms with van der Waals surface area (Å²) in [6.07, 6.45) is 2.42. The molecule has 4 nitrogen and oxygen atoms in total. The average Bonchev–Trinajstić information content (AvgIpc) is 2.97. The Labute approximate surface area is 139 Å². The molecule has 0 saturated heterocycles. The molecular formula is C19H18FNO3. The molecule has 0 aliphatic carbocycles. The van der Waals surface area contributed by atoms with E-state index >= 15 is 0 Å². The molecule has 1 heterocycles. The number of hydrogen-bond donors (Lipinski definition) is 1. The second-order valence-electron chi connectivity index (χ2n) is 5.53. The first-order chi connectivity index (χ1) is 11.7. The highest BCUT2D eigenvalue weighted by Gasteiger charge is 2.11. The first kappa shape index (κ1) is 16.1. The van der Waals surface area contributed by atoms with Crippen LogP contribution in [-0.4, -0.2) is 19.6 Å². The molecule has 1 aromatic heterocycles. The molecule has 0 bridgehead atoms. The molecule has 0 unspecified atom stereocenters. The molecule has 0 aliphatic heterocycles. The zero-order valence-electron chi connectivity index (χ0n) is 13.3. The topological polar surface area (TPSA) is 51.5 Å². The Balaban J connectivity index is 1.57. The van der Waals surface area contributed by atoms with Gasteiger partial charge in [0.25, 0.3) is 0 Å². The predicted octanol–water partition coefficient (Wildman–Crippen LogP) is 3.48. The highest BCUT2D eigenvalue weighted by Crippen LogP contribution is 2.25. The number of furan rings is 1. The normalized spacial score (nSPS) is 10.8. The van der Waals surface area contributed by atoms with Crippen molar-refractivity contribution in [1.82, 2.24) is 5.32 Å². The van der Waals surface area contributed by atoms with Crippen molar-refractivity contribution in [2.75, 3.05) is 13.7 Å². The largest absolute Gasteiger partial charge is 0.497 e. The van der Waals surface area contributed by atoms with E-state index in [1.54, 1.807) is 25.5 Å². The second kappa shape index (κ2) is 7.17. The lowest BCUT2D eigenvalue weighted by Crippen LogP contribution is -2.27. The van der Waals surface area contributed by atoms with Crippen molar-refractivity contribution in [3.63, 3.8) is 0 Å². The fourth-order valence-electron chi connectivity index (χ4n) is 2.60. The van der Waals surface area contributed by atoms with E-state index in [2.05, 4.69) is 5.32 Å². The number of methoxy groups -OCH3 is 1. The van der Waals surface area contributed by atoms with E-state index in [9.17, 15) is 9.18 Å². The van der Waals surface area contributed by atoms with Crippen molar-refractivity contribution in [3.05, 3.63) is 65.7 Å². The van der Waals surface area contributed by atoms with Gasteiger partial charge in [0.05, 0.1) is 19.8 Å². The number of rotatable bonds is 6. The Kier molecular flexibility index (Phi) is 4.79. The van der Waals surface area contributed by atoms with Gasteiger partial charge in [-0.1, -0.05) is 12.1 Å². The van der Waals surface area contributed by atoms with Crippen LogP contribution in [0.15, 0.2) is 53.1 Å². The Morgan fingerprint density at radius 3 is 2.92 bits per heavy atom. The lowest BCUT2D eigenvalue weighted by molar-refractivity contribution is -0.120. The summed E-state index contributed by atoms with van der Waals surface area (Å²) in [5.41, 5.74) is 2.38. The molecule has 1 N–H and O–H groups in total. The second-order valence-corrected chi connectivity index (χ2v) is 5.53. The third kappa shape index (κ3) is 3.74. The number of benzene rings is 2. The average molecular weight is 327 g/mol. The van der Waals surface area contributed by atoms with Crippen LogP contribution in [0.1, 0.15) is 11.1 Å². The zero-order chi connectivity index (χ0) is 16.9. The summed E-state index contributed by atoms with van der Waals surface area (Å²) in [7, 11) is 1.59. The van der Waals surface area contributed by atoms with Crippen molar-refractivity contribution in [2.24, 2.45) is 0 Å². The number of hydrogen-bond acceptors (Lipinski definition) is 3. The van der Waals surface area contributed by atoms with E-state index < -0.39 is 0 Å². The molecule has 24 heavy (non-hydrogen) atoms. The summed E-state index contributed by atoms with van der Waals surface area (Å²) >= 11 is 0. The Bertz CT molecular complexity index is 857.